The van der Waals surface area contributed by atoms with Gasteiger partial charge in [0, 0.05) is 30.7 Å². The highest BCUT2D eigenvalue weighted by molar-refractivity contribution is 5.82. The molecular weight excluding hydrogens is 396 g/mol. The van der Waals surface area contributed by atoms with Crippen LogP contribution >= 0.6 is 0 Å². The lowest BCUT2D eigenvalue weighted by Crippen LogP contribution is -2.29. The van der Waals surface area contributed by atoms with Gasteiger partial charge in [0.05, 0.1) is 11.7 Å². The van der Waals surface area contributed by atoms with E-state index in [0.717, 1.165) is 24.5 Å². The first kappa shape index (κ1) is 30.4. The molecule has 4 N–H and O–H groups in total. The van der Waals surface area contributed by atoms with Crippen LogP contribution in [0.15, 0.2) is 24.4 Å². The SMILES string of the molecule is CCCN(CC(C)C)c1ccc2[nH]ncc2c1.CCCN(CC)CC(CC)CC.CNN. The molecule has 0 fully saturated rings. The zero-order valence-electron chi connectivity index (χ0n) is 22.2. The molecule has 0 unspecified atom stereocenters. The Labute approximate surface area is 198 Å². The molecule has 2 rings (SSSR count). The predicted octanol–water partition coefficient (Wildman–Crippen LogP) is 5.67. The summed E-state index contributed by atoms with van der Waals surface area (Å²) >= 11 is 0. The molecule has 0 aliphatic heterocycles. The van der Waals surface area contributed by atoms with Crippen LogP contribution in [0.3, 0.4) is 0 Å². The Morgan fingerprint density at radius 1 is 1.00 bits per heavy atom. The first-order valence-corrected chi connectivity index (χ1v) is 12.7. The standard InChI is InChI=1S/C14H21N3.C11H25N.CH6N2/c1-4-7-17(10-11(2)3)13-5-6-14-12(8-13)9-15-16-14;1-5-9-12(8-4)10-11(6-2)7-3;1-3-2/h5-6,8-9,11H,4,7,10H2,1-3H3,(H,15,16);11H,5-10H2,1-4H3;3H,2H2,1H3. The molecule has 1 heterocycles. The van der Waals surface area contributed by atoms with Crippen molar-refractivity contribution in [1.29, 1.82) is 0 Å². The molecule has 0 amide bonds. The van der Waals surface area contributed by atoms with E-state index in [2.05, 4.69) is 97.9 Å². The molecule has 0 spiro atoms. The average molecular weight is 449 g/mol. The molecule has 0 saturated heterocycles. The van der Waals surface area contributed by atoms with Crippen LogP contribution in [-0.2, 0) is 0 Å². The van der Waals surface area contributed by atoms with Crippen molar-refractivity contribution >= 4 is 16.6 Å². The van der Waals surface area contributed by atoms with Gasteiger partial charge in [-0.1, -0.05) is 61.3 Å². The average Bonchev–Trinajstić information content (AvgIpc) is 3.25. The van der Waals surface area contributed by atoms with Crippen molar-refractivity contribution in [2.75, 3.05) is 44.7 Å². The fourth-order valence-electron chi connectivity index (χ4n) is 3.77. The van der Waals surface area contributed by atoms with Gasteiger partial charge in [0.15, 0.2) is 0 Å². The maximum atomic E-state index is 4.60. The highest BCUT2D eigenvalue weighted by Crippen LogP contribution is 2.21. The lowest BCUT2D eigenvalue weighted by atomic mass is 10.0. The second-order valence-corrected chi connectivity index (χ2v) is 8.85. The zero-order chi connectivity index (χ0) is 24.4. The van der Waals surface area contributed by atoms with E-state index >= 15 is 0 Å². The summed E-state index contributed by atoms with van der Waals surface area (Å²) in [5, 5.41) is 8.24. The van der Waals surface area contributed by atoms with Crippen molar-refractivity contribution in [2.24, 2.45) is 17.7 Å². The van der Waals surface area contributed by atoms with Crippen molar-refractivity contribution in [3.63, 3.8) is 0 Å². The van der Waals surface area contributed by atoms with Gasteiger partial charge in [-0.2, -0.15) is 5.10 Å². The smallest absolute Gasteiger partial charge is 0.0651 e. The minimum atomic E-state index is 0.682. The van der Waals surface area contributed by atoms with Crippen LogP contribution in [0.25, 0.3) is 10.9 Å². The Morgan fingerprint density at radius 2 is 1.62 bits per heavy atom. The number of rotatable bonds is 12. The lowest BCUT2D eigenvalue weighted by molar-refractivity contribution is 0.234. The van der Waals surface area contributed by atoms with E-state index in [1.54, 1.807) is 7.05 Å². The number of hydrazine groups is 1. The lowest BCUT2D eigenvalue weighted by Gasteiger charge is -2.26. The Bertz CT molecular complexity index is 665. The molecule has 6 nitrogen and oxygen atoms in total. The number of nitrogens with zero attached hydrogens (tertiary/aromatic N) is 3. The summed E-state index contributed by atoms with van der Waals surface area (Å²) in [6.45, 7) is 21.9. The molecule has 32 heavy (non-hydrogen) atoms. The highest BCUT2D eigenvalue weighted by Gasteiger charge is 2.09. The molecule has 1 aromatic heterocycles. The third-order valence-electron chi connectivity index (χ3n) is 5.53. The fraction of sp³-hybridized carbons (Fsp3) is 0.731. The van der Waals surface area contributed by atoms with Gasteiger partial charge in [0.25, 0.3) is 0 Å². The van der Waals surface area contributed by atoms with Crippen LogP contribution in [0.4, 0.5) is 5.69 Å². The molecule has 0 bridgehead atoms. The molecule has 0 saturated carbocycles. The molecule has 0 atom stereocenters. The van der Waals surface area contributed by atoms with Crippen LogP contribution in [0.1, 0.15) is 74.1 Å². The van der Waals surface area contributed by atoms with Gasteiger partial charge >= 0.3 is 0 Å². The quantitative estimate of drug-likeness (QED) is 0.288. The molecule has 0 radical (unpaired) electrons. The third kappa shape index (κ3) is 12.4. The van der Waals surface area contributed by atoms with E-state index in [1.807, 2.05) is 6.20 Å². The number of nitrogens with one attached hydrogen (secondary N) is 2. The number of H-pyrrole nitrogens is 1. The summed E-state index contributed by atoms with van der Waals surface area (Å²) in [6, 6.07) is 6.51. The predicted molar refractivity (Wildman–Crippen MR) is 143 cm³/mol. The normalized spacial score (nSPS) is 10.9. The van der Waals surface area contributed by atoms with E-state index < -0.39 is 0 Å². The molecule has 2 aromatic rings. The minimum Gasteiger partial charge on any atom is -0.371 e. The van der Waals surface area contributed by atoms with E-state index in [9.17, 15) is 0 Å². The summed E-state index contributed by atoms with van der Waals surface area (Å²) in [5.74, 6) is 6.19. The Hall–Kier alpha value is -1.63. The van der Waals surface area contributed by atoms with Gasteiger partial charge in [-0.25, -0.2) is 0 Å². The van der Waals surface area contributed by atoms with Gasteiger partial charge in [0.1, 0.15) is 0 Å². The molecule has 0 aliphatic rings. The van der Waals surface area contributed by atoms with E-state index in [0.29, 0.717) is 5.92 Å². The van der Waals surface area contributed by atoms with E-state index in [4.69, 9.17) is 0 Å². The summed E-state index contributed by atoms with van der Waals surface area (Å²) in [4.78, 5) is 5.02. The molecule has 186 valence electrons. The molecule has 6 heteroatoms. The highest BCUT2D eigenvalue weighted by atomic mass is 15.2. The van der Waals surface area contributed by atoms with Crippen LogP contribution in [0.2, 0.25) is 0 Å². The molecular formula is C26H52N6. The second-order valence-electron chi connectivity index (χ2n) is 8.85. The number of benzene rings is 1. The fourth-order valence-corrected chi connectivity index (χ4v) is 3.77. The summed E-state index contributed by atoms with van der Waals surface area (Å²) in [7, 11) is 1.65. The van der Waals surface area contributed by atoms with Crippen LogP contribution in [-0.4, -0.2) is 54.9 Å². The topological polar surface area (TPSA) is 73.2 Å². The monoisotopic (exact) mass is 448 g/mol. The van der Waals surface area contributed by atoms with Crippen molar-refractivity contribution in [3.05, 3.63) is 24.4 Å². The molecule has 1 aromatic carbocycles. The Morgan fingerprint density at radius 3 is 2.12 bits per heavy atom. The number of anilines is 1. The summed E-state index contributed by atoms with van der Waals surface area (Å²) < 4.78 is 0. The van der Waals surface area contributed by atoms with E-state index in [1.165, 1.54) is 56.4 Å². The van der Waals surface area contributed by atoms with Crippen LogP contribution < -0.4 is 16.2 Å². The summed E-state index contributed by atoms with van der Waals surface area (Å²) in [5.41, 5.74) is 4.66. The van der Waals surface area contributed by atoms with Crippen molar-refractivity contribution in [3.8, 4) is 0 Å². The van der Waals surface area contributed by atoms with Crippen molar-refractivity contribution in [1.82, 2.24) is 20.5 Å². The maximum absolute atomic E-state index is 4.60. The van der Waals surface area contributed by atoms with Gasteiger partial charge in [0.2, 0.25) is 0 Å². The third-order valence-corrected chi connectivity index (χ3v) is 5.53. The number of aromatic amines is 1. The minimum absolute atomic E-state index is 0.682. The number of hydrogen-bond acceptors (Lipinski definition) is 5. The largest absolute Gasteiger partial charge is 0.371 e. The number of fused-ring (bicyclic) bond motifs is 1. The first-order chi connectivity index (χ1) is 15.4. The Kier molecular flexibility index (Phi) is 17.9. The van der Waals surface area contributed by atoms with Gasteiger partial charge < -0.3 is 9.80 Å². The van der Waals surface area contributed by atoms with Crippen LogP contribution in [0.5, 0.6) is 0 Å². The number of hydrogen-bond donors (Lipinski definition) is 3. The summed E-state index contributed by atoms with van der Waals surface area (Å²) in [6.07, 6.45) is 7.01. The van der Waals surface area contributed by atoms with Crippen molar-refractivity contribution < 1.29 is 0 Å². The second kappa shape index (κ2) is 18.9. The van der Waals surface area contributed by atoms with Crippen LogP contribution in [0, 0.1) is 11.8 Å². The number of aromatic nitrogens is 2. The maximum Gasteiger partial charge on any atom is 0.0651 e. The first-order valence-electron chi connectivity index (χ1n) is 12.7. The number of nitrogens with two attached hydrogens (primary N) is 1. The Balaban J connectivity index is 0.000000564. The van der Waals surface area contributed by atoms with Gasteiger partial charge in [-0.15, -0.1) is 0 Å². The van der Waals surface area contributed by atoms with E-state index in [-0.39, 0.29) is 0 Å². The van der Waals surface area contributed by atoms with Crippen molar-refractivity contribution in [2.45, 2.75) is 74.1 Å². The zero-order valence-corrected chi connectivity index (χ0v) is 22.2. The molecule has 0 aliphatic carbocycles. The van der Waals surface area contributed by atoms with Gasteiger partial charge in [-0.3, -0.25) is 16.4 Å². The van der Waals surface area contributed by atoms with Gasteiger partial charge in [-0.05, 0) is 63.0 Å².